The van der Waals surface area contributed by atoms with Crippen LogP contribution in [0.4, 0.5) is 0 Å². The number of methoxy groups -OCH3 is 2. The molecular weight excluding hydrogens is 250 g/mol. The molecule has 0 bridgehead atoms. The Bertz CT molecular complexity index is 341. The molecule has 4 nitrogen and oxygen atoms in total. The maximum atomic E-state index is 11.2. The van der Waals surface area contributed by atoms with Gasteiger partial charge in [0.25, 0.3) is 0 Å². The summed E-state index contributed by atoms with van der Waals surface area (Å²) in [4.78, 5) is 15.3. The summed E-state index contributed by atoms with van der Waals surface area (Å²) in [5, 5.41) is 0. The van der Waals surface area contributed by atoms with Crippen LogP contribution in [-0.4, -0.2) is 25.2 Å². The number of halogens is 1. The molecule has 0 atom stereocenters. The molecule has 1 aromatic rings. The van der Waals surface area contributed by atoms with Gasteiger partial charge < -0.3 is 9.47 Å². The van der Waals surface area contributed by atoms with Crippen LogP contribution in [0.15, 0.2) is 16.6 Å². The fraction of sp³-hybridized carbons (Fsp3) is 0.333. The number of hydrogen-bond donors (Lipinski definition) is 0. The van der Waals surface area contributed by atoms with Crippen molar-refractivity contribution >= 4 is 21.9 Å². The molecule has 0 amide bonds. The Morgan fingerprint density at radius 1 is 1.50 bits per heavy atom. The molecule has 1 aromatic heterocycles. The van der Waals surface area contributed by atoms with Gasteiger partial charge in [-0.25, -0.2) is 9.78 Å². The van der Waals surface area contributed by atoms with E-state index in [9.17, 15) is 4.79 Å². The second-order valence-corrected chi connectivity index (χ2v) is 3.41. The Morgan fingerprint density at radius 2 is 2.21 bits per heavy atom. The lowest BCUT2D eigenvalue weighted by Crippen LogP contribution is -2.07. The molecule has 1 rings (SSSR count). The van der Waals surface area contributed by atoms with E-state index in [2.05, 4.69) is 25.7 Å². The van der Waals surface area contributed by atoms with Crippen LogP contribution in [0.2, 0.25) is 0 Å². The molecule has 0 fully saturated rings. The Labute approximate surface area is 90.4 Å². The highest BCUT2D eigenvalue weighted by atomic mass is 79.9. The van der Waals surface area contributed by atoms with Gasteiger partial charge in [-0.15, -0.1) is 0 Å². The van der Waals surface area contributed by atoms with E-state index in [1.54, 1.807) is 19.2 Å². The van der Waals surface area contributed by atoms with Gasteiger partial charge in [0.1, 0.15) is 0 Å². The van der Waals surface area contributed by atoms with Crippen molar-refractivity contribution in [1.82, 2.24) is 4.98 Å². The molecule has 0 saturated carbocycles. The predicted molar refractivity (Wildman–Crippen MR) is 54.0 cm³/mol. The van der Waals surface area contributed by atoms with Crippen molar-refractivity contribution in [2.45, 2.75) is 6.61 Å². The molecular formula is C9H10BrNO3. The van der Waals surface area contributed by atoms with Crippen molar-refractivity contribution in [3.05, 3.63) is 28.0 Å². The summed E-state index contributed by atoms with van der Waals surface area (Å²) in [6.45, 7) is 0.372. The number of ether oxygens (including phenoxy) is 2. The van der Waals surface area contributed by atoms with Crippen molar-refractivity contribution in [2.75, 3.05) is 14.2 Å². The molecule has 0 unspecified atom stereocenters. The lowest BCUT2D eigenvalue weighted by atomic mass is 10.3. The highest BCUT2D eigenvalue weighted by Gasteiger charge is 2.12. The molecule has 76 valence electrons. The maximum Gasteiger partial charge on any atom is 0.357 e. The van der Waals surface area contributed by atoms with E-state index in [4.69, 9.17) is 4.74 Å². The minimum absolute atomic E-state index is 0.266. The van der Waals surface area contributed by atoms with Crippen LogP contribution in [-0.2, 0) is 16.1 Å². The fourth-order valence-corrected chi connectivity index (χ4v) is 1.33. The normalized spacial score (nSPS) is 9.93. The zero-order valence-electron chi connectivity index (χ0n) is 7.91. The average Bonchev–Trinajstić information content (AvgIpc) is 2.20. The van der Waals surface area contributed by atoms with E-state index in [-0.39, 0.29) is 5.69 Å². The Hall–Kier alpha value is -0.940. The van der Waals surface area contributed by atoms with Crippen LogP contribution in [0.25, 0.3) is 0 Å². The lowest BCUT2D eigenvalue weighted by Gasteiger charge is -2.04. The number of nitrogens with zero attached hydrogens (tertiary/aromatic N) is 1. The van der Waals surface area contributed by atoms with Gasteiger partial charge in [0.15, 0.2) is 5.69 Å². The molecule has 14 heavy (non-hydrogen) atoms. The van der Waals surface area contributed by atoms with E-state index in [0.29, 0.717) is 16.8 Å². The van der Waals surface area contributed by atoms with Crippen LogP contribution < -0.4 is 0 Å². The number of pyridine rings is 1. The Morgan fingerprint density at radius 3 is 2.79 bits per heavy atom. The third-order valence-electron chi connectivity index (χ3n) is 1.57. The second kappa shape index (κ2) is 5.07. The first-order chi connectivity index (χ1) is 6.69. The minimum atomic E-state index is -0.463. The summed E-state index contributed by atoms with van der Waals surface area (Å²) in [7, 11) is 2.89. The van der Waals surface area contributed by atoms with Crippen LogP contribution >= 0.6 is 15.9 Å². The van der Waals surface area contributed by atoms with Gasteiger partial charge in [0, 0.05) is 7.11 Å². The van der Waals surface area contributed by atoms with Crippen molar-refractivity contribution in [3.63, 3.8) is 0 Å². The third kappa shape index (κ3) is 2.52. The SMILES string of the molecule is COCc1ccc(Br)c(C(=O)OC)n1. The van der Waals surface area contributed by atoms with E-state index < -0.39 is 5.97 Å². The topological polar surface area (TPSA) is 48.4 Å². The summed E-state index contributed by atoms with van der Waals surface area (Å²) in [6, 6.07) is 3.52. The van der Waals surface area contributed by atoms with Gasteiger partial charge in [-0.05, 0) is 28.1 Å². The van der Waals surface area contributed by atoms with Gasteiger partial charge in [0.2, 0.25) is 0 Å². The van der Waals surface area contributed by atoms with Crippen LogP contribution in [0.3, 0.4) is 0 Å². The highest BCUT2D eigenvalue weighted by Crippen LogP contribution is 2.16. The third-order valence-corrected chi connectivity index (χ3v) is 2.21. The van der Waals surface area contributed by atoms with E-state index in [1.165, 1.54) is 7.11 Å². The Kier molecular flexibility index (Phi) is 4.03. The molecule has 0 N–H and O–H groups in total. The first kappa shape index (κ1) is 11.1. The van der Waals surface area contributed by atoms with E-state index in [0.717, 1.165) is 0 Å². The van der Waals surface area contributed by atoms with Crippen LogP contribution in [0.5, 0.6) is 0 Å². The van der Waals surface area contributed by atoms with Crippen molar-refractivity contribution in [3.8, 4) is 0 Å². The molecule has 0 aliphatic carbocycles. The molecule has 0 saturated heterocycles. The number of rotatable bonds is 3. The van der Waals surface area contributed by atoms with Gasteiger partial charge >= 0.3 is 5.97 Å². The number of carbonyl (C=O) groups excluding carboxylic acids is 1. The van der Waals surface area contributed by atoms with Crippen LogP contribution in [0.1, 0.15) is 16.2 Å². The molecule has 0 radical (unpaired) electrons. The van der Waals surface area contributed by atoms with Gasteiger partial charge in [0.05, 0.1) is 23.9 Å². The minimum Gasteiger partial charge on any atom is -0.464 e. The molecule has 0 spiro atoms. The summed E-state index contributed by atoms with van der Waals surface area (Å²) < 4.78 is 10.1. The number of hydrogen-bond acceptors (Lipinski definition) is 4. The smallest absolute Gasteiger partial charge is 0.357 e. The van der Waals surface area contributed by atoms with Crippen molar-refractivity contribution in [1.29, 1.82) is 0 Å². The number of carbonyl (C=O) groups is 1. The summed E-state index contributed by atoms with van der Waals surface area (Å²) in [5.41, 5.74) is 0.957. The monoisotopic (exact) mass is 259 g/mol. The fourth-order valence-electron chi connectivity index (χ4n) is 0.951. The maximum absolute atomic E-state index is 11.2. The standard InChI is InChI=1S/C9H10BrNO3/c1-13-5-6-3-4-7(10)8(11-6)9(12)14-2/h3-4H,5H2,1-2H3. The quantitative estimate of drug-likeness (QED) is 0.777. The van der Waals surface area contributed by atoms with Crippen LogP contribution in [0, 0.1) is 0 Å². The summed E-state index contributed by atoms with van der Waals surface area (Å²) in [6.07, 6.45) is 0. The van der Waals surface area contributed by atoms with Gasteiger partial charge in [-0.2, -0.15) is 0 Å². The largest absolute Gasteiger partial charge is 0.464 e. The summed E-state index contributed by atoms with van der Waals surface area (Å²) >= 11 is 3.22. The molecule has 0 aliphatic heterocycles. The average molecular weight is 260 g/mol. The summed E-state index contributed by atoms with van der Waals surface area (Å²) in [5.74, 6) is -0.463. The Balaban J connectivity index is 3.01. The van der Waals surface area contributed by atoms with Crippen molar-refractivity contribution in [2.24, 2.45) is 0 Å². The molecule has 0 aliphatic rings. The predicted octanol–water partition coefficient (Wildman–Crippen LogP) is 1.78. The first-order valence-electron chi connectivity index (χ1n) is 3.91. The van der Waals surface area contributed by atoms with Gasteiger partial charge in [-0.3, -0.25) is 0 Å². The highest BCUT2D eigenvalue weighted by molar-refractivity contribution is 9.10. The lowest BCUT2D eigenvalue weighted by molar-refractivity contribution is 0.0592. The number of aromatic nitrogens is 1. The van der Waals surface area contributed by atoms with Gasteiger partial charge in [-0.1, -0.05) is 0 Å². The molecule has 5 heteroatoms. The van der Waals surface area contributed by atoms with E-state index in [1.807, 2.05) is 0 Å². The first-order valence-corrected chi connectivity index (χ1v) is 4.71. The zero-order chi connectivity index (χ0) is 10.6. The number of esters is 1. The zero-order valence-corrected chi connectivity index (χ0v) is 9.50. The second-order valence-electron chi connectivity index (χ2n) is 2.56. The molecule has 0 aromatic carbocycles. The van der Waals surface area contributed by atoms with Crippen molar-refractivity contribution < 1.29 is 14.3 Å². The van der Waals surface area contributed by atoms with E-state index >= 15 is 0 Å². The molecule has 1 heterocycles.